The molecular weight excluding hydrogens is 284 g/mol. The molecule has 6 saturated carbocycles. The van der Waals surface area contributed by atoms with Crippen molar-refractivity contribution in [3.63, 3.8) is 0 Å². The normalized spacial score (nSPS) is 57.2. The van der Waals surface area contributed by atoms with Gasteiger partial charge in [-0.2, -0.15) is 0 Å². The molecule has 0 spiro atoms. The number of nitrogens with zero attached hydrogens (tertiary/aromatic N) is 1. The highest BCUT2D eigenvalue weighted by molar-refractivity contribution is 5.94. The van der Waals surface area contributed by atoms with Gasteiger partial charge in [-0.05, 0) is 23.2 Å². The largest absolute Gasteiger partial charge is 0.442 e. The molecule has 0 saturated heterocycles. The van der Waals surface area contributed by atoms with Gasteiger partial charge in [0, 0.05) is 24.3 Å². The Morgan fingerprint density at radius 3 is 2.09 bits per heavy atom. The van der Waals surface area contributed by atoms with Crippen molar-refractivity contribution in [2.75, 3.05) is 14.2 Å². The molecule has 2 N–H and O–H groups in total. The number of carbonyl (C=O) groups excluding carboxylic acids is 2. The first-order chi connectivity index (χ1) is 10.2. The molecule has 0 aromatic carbocycles. The van der Waals surface area contributed by atoms with Crippen LogP contribution in [0.1, 0.15) is 20.8 Å². The summed E-state index contributed by atoms with van der Waals surface area (Å²) in [6.07, 6.45) is -0.672. The minimum Gasteiger partial charge on any atom is -0.442 e. The van der Waals surface area contributed by atoms with Crippen LogP contribution in [0.3, 0.4) is 0 Å². The van der Waals surface area contributed by atoms with Gasteiger partial charge in [-0.15, -0.1) is 0 Å². The van der Waals surface area contributed by atoms with E-state index in [1.165, 1.54) is 12.2 Å². The molecule has 2 amide bonds. The minimum atomic E-state index is -0.672. The SMILES string of the molecule is CON(C)C(=O)C12C3C4C1C1(C(C)(C)C)C2C3C41OC(N)=O. The van der Waals surface area contributed by atoms with Crippen molar-refractivity contribution in [1.29, 1.82) is 0 Å². The maximum atomic E-state index is 12.8. The van der Waals surface area contributed by atoms with Crippen molar-refractivity contribution >= 4 is 12.0 Å². The summed E-state index contributed by atoms with van der Waals surface area (Å²) in [5.41, 5.74) is 4.66. The van der Waals surface area contributed by atoms with E-state index in [1.807, 2.05) is 0 Å². The number of primary amides is 1. The summed E-state index contributed by atoms with van der Waals surface area (Å²) >= 11 is 0. The van der Waals surface area contributed by atoms with Crippen molar-refractivity contribution < 1.29 is 19.2 Å². The lowest BCUT2D eigenvalue weighted by Gasteiger charge is -3.14. The van der Waals surface area contributed by atoms with E-state index in [0.717, 1.165) is 0 Å². The first-order valence-electron chi connectivity index (χ1n) is 7.97. The summed E-state index contributed by atoms with van der Waals surface area (Å²) in [6, 6.07) is 0. The molecule has 6 nitrogen and oxygen atoms in total. The standard InChI is InChI=1S/C16H22N2O4/c1-13(2,3)15-9-7-6-8(16(7,15)22-12(17)20)10(15)14(6,9)11(19)18(4)21-5/h6-10H,1-5H3,(H2,17,20). The summed E-state index contributed by atoms with van der Waals surface area (Å²) in [5.74, 6) is 1.80. The highest BCUT2D eigenvalue weighted by Gasteiger charge is 3.19. The van der Waals surface area contributed by atoms with Crippen LogP contribution in [0.2, 0.25) is 0 Å². The van der Waals surface area contributed by atoms with Gasteiger partial charge in [-0.25, -0.2) is 9.86 Å². The quantitative estimate of drug-likeness (QED) is 0.789. The first kappa shape index (κ1) is 13.2. The number of ether oxygens (including phenoxy) is 1. The minimum absolute atomic E-state index is 0.00834. The van der Waals surface area contributed by atoms with Gasteiger partial charge in [-0.3, -0.25) is 9.63 Å². The maximum absolute atomic E-state index is 12.8. The molecule has 0 radical (unpaired) electrons. The van der Waals surface area contributed by atoms with Crippen LogP contribution in [-0.4, -0.2) is 36.8 Å². The Balaban J connectivity index is 1.56. The number of carbonyl (C=O) groups is 2. The Kier molecular flexibility index (Phi) is 1.74. The molecule has 0 bridgehead atoms. The summed E-state index contributed by atoms with van der Waals surface area (Å²) in [4.78, 5) is 29.4. The number of rotatable bonds is 3. The number of hydroxylamine groups is 2. The van der Waals surface area contributed by atoms with E-state index in [2.05, 4.69) is 20.8 Å². The molecule has 6 aliphatic carbocycles. The molecule has 0 aromatic heterocycles. The zero-order valence-electron chi connectivity index (χ0n) is 13.5. The zero-order chi connectivity index (χ0) is 16.0. The first-order valence-corrected chi connectivity index (χ1v) is 7.97. The fourth-order valence-corrected chi connectivity index (χ4v) is 8.26. The number of hydrogen-bond acceptors (Lipinski definition) is 4. The number of nitrogens with two attached hydrogens (primary N) is 1. The molecule has 120 valence electrons. The van der Waals surface area contributed by atoms with Crippen molar-refractivity contribution in [3.8, 4) is 0 Å². The van der Waals surface area contributed by atoms with Crippen LogP contribution in [0.25, 0.3) is 0 Å². The number of amides is 2. The van der Waals surface area contributed by atoms with E-state index in [9.17, 15) is 9.59 Å². The lowest BCUT2D eigenvalue weighted by atomic mass is 8.88. The van der Waals surface area contributed by atoms with Gasteiger partial charge in [0.2, 0.25) is 0 Å². The summed E-state index contributed by atoms with van der Waals surface area (Å²) in [6.45, 7) is 6.58. The molecule has 6 fully saturated rings. The van der Waals surface area contributed by atoms with Gasteiger partial charge < -0.3 is 10.5 Å². The topological polar surface area (TPSA) is 81.9 Å². The number of hydrogen-bond donors (Lipinski definition) is 1. The Morgan fingerprint density at radius 2 is 1.68 bits per heavy atom. The van der Waals surface area contributed by atoms with Gasteiger partial charge in [0.05, 0.1) is 12.5 Å². The fraction of sp³-hybridized carbons (Fsp3) is 0.875. The molecule has 4 atom stereocenters. The van der Waals surface area contributed by atoms with Crippen LogP contribution >= 0.6 is 0 Å². The Hall–Kier alpha value is -1.30. The smallest absolute Gasteiger partial charge is 0.405 e. The van der Waals surface area contributed by atoms with E-state index >= 15 is 0 Å². The Bertz CT molecular complexity index is 631. The third kappa shape index (κ3) is 0.697. The molecular formula is C16H22N2O4. The molecule has 0 aromatic rings. The Morgan fingerprint density at radius 1 is 1.14 bits per heavy atom. The molecule has 4 unspecified atom stereocenters. The van der Waals surface area contributed by atoms with Crippen molar-refractivity contribution in [3.05, 3.63) is 0 Å². The Labute approximate surface area is 129 Å². The van der Waals surface area contributed by atoms with Crippen molar-refractivity contribution in [2.24, 2.45) is 51.6 Å². The van der Waals surface area contributed by atoms with E-state index < -0.39 is 6.09 Å². The predicted molar refractivity (Wildman–Crippen MR) is 74.9 cm³/mol. The third-order valence-electron chi connectivity index (χ3n) is 8.13. The van der Waals surface area contributed by atoms with Crippen molar-refractivity contribution in [1.82, 2.24) is 5.06 Å². The van der Waals surface area contributed by atoms with Crippen LogP contribution < -0.4 is 5.73 Å². The third-order valence-corrected chi connectivity index (χ3v) is 8.13. The van der Waals surface area contributed by atoms with E-state index in [4.69, 9.17) is 15.3 Å². The molecule has 0 heterocycles. The lowest BCUT2D eigenvalue weighted by molar-refractivity contribution is -0.703. The summed E-state index contributed by atoms with van der Waals surface area (Å²) in [5, 5.41) is 1.37. The van der Waals surface area contributed by atoms with Crippen LogP contribution in [0, 0.1) is 45.8 Å². The van der Waals surface area contributed by atoms with Crippen LogP contribution in [0.4, 0.5) is 4.79 Å². The monoisotopic (exact) mass is 306 g/mol. The average Bonchev–Trinajstić information content (AvgIpc) is 2.44. The molecule has 6 rings (SSSR count). The second-order valence-corrected chi connectivity index (χ2v) is 8.78. The molecule has 6 aliphatic rings. The van der Waals surface area contributed by atoms with Gasteiger partial charge in [0.25, 0.3) is 5.91 Å². The van der Waals surface area contributed by atoms with Crippen LogP contribution in [-0.2, 0) is 14.4 Å². The van der Waals surface area contributed by atoms with E-state index in [1.54, 1.807) is 7.05 Å². The van der Waals surface area contributed by atoms with Gasteiger partial charge in [0.1, 0.15) is 5.60 Å². The van der Waals surface area contributed by atoms with Gasteiger partial charge in [-0.1, -0.05) is 20.8 Å². The predicted octanol–water partition coefficient (Wildman–Crippen LogP) is 1.01. The van der Waals surface area contributed by atoms with E-state index in [-0.39, 0.29) is 27.8 Å². The zero-order valence-corrected chi connectivity index (χ0v) is 13.5. The highest BCUT2D eigenvalue weighted by Crippen LogP contribution is 3.14. The van der Waals surface area contributed by atoms with Gasteiger partial charge >= 0.3 is 6.09 Å². The average molecular weight is 306 g/mol. The second-order valence-electron chi connectivity index (χ2n) is 8.78. The highest BCUT2D eigenvalue weighted by atomic mass is 16.7. The summed E-state index contributed by atoms with van der Waals surface area (Å²) in [7, 11) is 3.21. The molecule has 0 aliphatic heterocycles. The van der Waals surface area contributed by atoms with Crippen LogP contribution in [0.15, 0.2) is 0 Å². The fourth-order valence-electron chi connectivity index (χ4n) is 8.26. The second kappa shape index (κ2) is 2.90. The molecule has 22 heavy (non-hydrogen) atoms. The molecule has 6 heteroatoms. The van der Waals surface area contributed by atoms with Crippen LogP contribution in [0.5, 0.6) is 0 Å². The maximum Gasteiger partial charge on any atom is 0.405 e. The van der Waals surface area contributed by atoms with Crippen molar-refractivity contribution in [2.45, 2.75) is 26.4 Å². The van der Waals surface area contributed by atoms with E-state index in [0.29, 0.717) is 29.6 Å². The lowest BCUT2D eigenvalue weighted by Crippen LogP contribution is -3.20. The summed E-state index contributed by atoms with van der Waals surface area (Å²) < 4.78 is 5.68. The van der Waals surface area contributed by atoms with Gasteiger partial charge in [0.15, 0.2) is 0 Å².